The van der Waals surface area contributed by atoms with Gasteiger partial charge in [-0.05, 0) is 37.3 Å². The first-order valence-corrected chi connectivity index (χ1v) is 6.58. The topological polar surface area (TPSA) is 3.24 Å². The second kappa shape index (κ2) is 5.05. The van der Waals surface area contributed by atoms with E-state index in [0.717, 1.165) is 13.0 Å². The summed E-state index contributed by atoms with van der Waals surface area (Å²) in [6.45, 7) is 12.3. The number of hydrogen-bond donors (Lipinski definition) is 0. The van der Waals surface area contributed by atoms with E-state index in [1.807, 2.05) is 0 Å². The Morgan fingerprint density at radius 1 is 1.35 bits per heavy atom. The van der Waals surface area contributed by atoms with E-state index in [1.54, 1.807) is 0 Å². The van der Waals surface area contributed by atoms with Gasteiger partial charge in [-0.15, -0.1) is 0 Å². The first-order valence-electron chi connectivity index (χ1n) is 6.58. The lowest BCUT2D eigenvalue weighted by Gasteiger charge is -2.36. The third-order valence-electron chi connectivity index (χ3n) is 3.62. The van der Waals surface area contributed by atoms with Crippen LogP contribution >= 0.6 is 0 Å². The van der Waals surface area contributed by atoms with Crippen molar-refractivity contribution < 1.29 is 0 Å². The van der Waals surface area contributed by atoms with Crippen molar-refractivity contribution in [3.63, 3.8) is 0 Å². The van der Waals surface area contributed by atoms with Crippen molar-refractivity contribution in [2.24, 2.45) is 5.92 Å². The van der Waals surface area contributed by atoms with E-state index in [9.17, 15) is 0 Å². The lowest BCUT2D eigenvalue weighted by Crippen LogP contribution is -2.42. The van der Waals surface area contributed by atoms with Crippen molar-refractivity contribution >= 4 is 0 Å². The predicted molar refractivity (Wildman–Crippen MR) is 74.9 cm³/mol. The Balaban J connectivity index is 2.37. The molecule has 0 radical (unpaired) electrons. The van der Waals surface area contributed by atoms with E-state index < -0.39 is 0 Å². The van der Waals surface area contributed by atoms with Crippen LogP contribution in [0, 0.1) is 5.92 Å². The highest BCUT2D eigenvalue weighted by Crippen LogP contribution is 2.27. The van der Waals surface area contributed by atoms with Gasteiger partial charge in [0.1, 0.15) is 0 Å². The van der Waals surface area contributed by atoms with E-state index in [2.05, 4.69) is 62.6 Å². The second-order valence-electron chi connectivity index (χ2n) is 5.56. The summed E-state index contributed by atoms with van der Waals surface area (Å²) in [7, 11) is 0. The predicted octanol–water partition coefficient (Wildman–Crippen LogP) is 3.71. The van der Waals surface area contributed by atoms with Gasteiger partial charge in [-0.2, -0.15) is 0 Å². The Labute approximate surface area is 105 Å². The minimum Gasteiger partial charge on any atom is -0.291 e. The summed E-state index contributed by atoms with van der Waals surface area (Å²) in [6, 6.07) is 0.994. The highest BCUT2D eigenvalue weighted by molar-refractivity contribution is 5.43. The van der Waals surface area contributed by atoms with Crippen molar-refractivity contribution in [2.45, 2.75) is 39.3 Å². The van der Waals surface area contributed by atoms with Crippen LogP contribution in [-0.2, 0) is 0 Å². The molecule has 1 heteroatoms. The maximum atomic E-state index is 4.23. The van der Waals surface area contributed by atoms with Crippen molar-refractivity contribution in [3.05, 3.63) is 48.1 Å². The zero-order valence-electron chi connectivity index (χ0n) is 11.2. The Bertz CT molecular complexity index is 384. The molecule has 2 aliphatic rings. The summed E-state index contributed by atoms with van der Waals surface area (Å²) in [6.07, 6.45) is 12.2. The molecule has 0 N–H and O–H groups in total. The van der Waals surface area contributed by atoms with Gasteiger partial charge >= 0.3 is 0 Å². The van der Waals surface area contributed by atoms with E-state index in [0.29, 0.717) is 18.0 Å². The SMILES string of the molecule is C=C1CC(C)CN(C(C)C)C2C=CC=CC1=C2. The van der Waals surface area contributed by atoms with Crippen LogP contribution in [0.1, 0.15) is 27.2 Å². The van der Waals surface area contributed by atoms with Crippen LogP contribution in [0.2, 0.25) is 0 Å². The van der Waals surface area contributed by atoms with E-state index >= 15 is 0 Å². The molecule has 1 aliphatic heterocycles. The first kappa shape index (κ1) is 12.4. The Kier molecular flexibility index (Phi) is 3.68. The average Bonchev–Trinajstić information content (AvgIpc) is 2.50. The highest BCUT2D eigenvalue weighted by atomic mass is 15.2. The van der Waals surface area contributed by atoms with Gasteiger partial charge in [0.05, 0.1) is 0 Å². The van der Waals surface area contributed by atoms with Crippen LogP contribution in [-0.4, -0.2) is 23.5 Å². The Morgan fingerprint density at radius 3 is 2.82 bits per heavy atom. The summed E-state index contributed by atoms with van der Waals surface area (Å²) in [5.74, 6) is 0.677. The van der Waals surface area contributed by atoms with Crippen LogP contribution in [0.3, 0.4) is 0 Å². The highest BCUT2D eigenvalue weighted by Gasteiger charge is 2.23. The van der Waals surface area contributed by atoms with Gasteiger partial charge in [-0.1, -0.05) is 43.9 Å². The molecule has 2 rings (SSSR count). The molecule has 92 valence electrons. The van der Waals surface area contributed by atoms with Crippen LogP contribution in [0.5, 0.6) is 0 Å². The van der Waals surface area contributed by atoms with Gasteiger partial charge in [0.15, 0.2) is 0 Å². The van der Waals surface area contributed by atoms with Crippen LogP contribution in [0.4, 0.5) is 0 Å². The van der Waals surface area contributed by atoms with Crippen LogP contribution < -0.4 is 0 Å². The lowest BCUT2D eigenvalue weighted by molar-refractivity contribution is 0.176. The molecule has 0 saturated heterocycles. The Morgan fingerprint density at radius 2 is 2.12 bits per heavy atom. The lowest BCUT2D eigenvalue weighted by atomic mass is 9.91. The molecule has 2 bridgehead atoms. The van der Waals surface area contributed by atoms with Crippen molar-refractivity contribution in [1.82, 2.24) is 4.90 Å². The number of hydrogen-bond acceptors (Lipinski definition) is 1. The standard InChI is InChI=1S/C16H23N/c1-12(2)17-11-13(3)9-14(4)15-7-5-6-8-16(17)10-15/h5-8,10,12-13,16H,4,9,11H2,1-3H3. The largest absolute Gasteiger partial charge is 0.291 e. The van der Waals surface area contributed by atoms with E-state index in [-0.39, 0.29) is 0 Å². The second-order valence-corrected chi connectivity index (χ2v) is 5.56. The monoisotopic (exact) mass is 229 g/mol. The molecule has 0 aromatic rings. The number of nitrogens with zero attached hydrogens (tertiary/aromatic N) is 1. The van der Waals surface area contributed by atoms with Gasteiger partial charge in [0.2, 0.25) is 0 Å². The quantitative estimate of drug-likeness (QED) is 0.662. The normalized spacial score (nSPS) is 29.9. The number of allylic oxidation sites excluding steroid dienone is 5. The maximum absolute atomic E-state index is 4.23. The molecule has 0 amide bonds. The summed E-state index contributed by atoms with van der Waals surface area (Å²) in [5.41, 5.74) is 2.60. The minimum atomic E-state index is 0.416. The van der Waals surface area contributed by atoms with Crippen molar-refractivity contribution in [2.75, 3.05) is 6.54 Å². The van der Waals surface area contributed by atoms with Crippen molar-refractivity contribution in [3.8, 4) is 0 Å². The van der Waals surface area contributed by atoms with Gasteiger partial charge in [-0.3, -0.25) is 4.90 Å². The number of fused-ring (bicyclic) bond motifs is 1. The van der Waals surface area contributed by atoms with Crippen molar-refractivity contribution in [1.29, 1.82) is 0 Å². The molecule has 1 heterocycles. The molecule has 0 aromatic carbocycles. The van der Waals surface area contributed by atoms with Gasteiger partial charge in [0, 0.05) is 18.6 Å². The van der Waals surface area contributed by atoms with Crippen LogP contribution in [0.15, 0.2) is 48.1 Å². The molecule has 0 fully saturated rings. The molecule has 2 unspecified atom stereocenters. The van der Waals surface area contributed by atoms with Gasteiger partial charge < -0.3 is 0 Å². The van der Waals surface area contributed by atoms with E-state index in [4.69, 9.17) is 0 Å². The molecule has 0 aromatic heterocycles. The van der Waals surface area contributed by atoms with Gasteiger partial charge in [0.25, 0.3) is 0 Å². The number of rotatable bonds is 1. The van der Waals surface area contributed by atoms with E-state index in [1.165, 1.54) is 11.1 Å². The summed E-state index contributed by atoms with van der Waals surface area (Å²) in [4.78, 5) is 2.57. The minimum absolute atomic E-state index is 0.416. The fourth-order valence-corrected chi connectivity index (χ4v) is 2.71. The average molecular weight is 229 g/mol. The van der Waals surface area contributed by atoms with Crippen LogP contribution in [0.25, 0.3) is 0 Å². The molecular weight excluding hydrogens is 206 g/mol. The molecule has 1 aliphatic carbocycles. The zero-order valence-corrected chi connectivity index (χ0v) is 11.2. The van der Waals surface area contributed by atoms with Gasteiger partial charge in [-0.25, -0.2) is 0 Å². The summed E-state index contributed by atoms with van der Waals surface area (Å²) < 4.78 is 0. The smallest absolute Gasteiger partial charge is 0.0476 e. The molecule has 0 spiro atoms. The molecule has 1 nitrogen and oxygen atoms in total. The molecule has 17 heavy (non-hydrogen) atoms. The Hall–Kier alpha value is -1.08. The molecule has 0 saturated carbocycles. The fourth-order valence-electron chi connectivity index (χ4n) is 2.71. The fraction of sp³-hybridized carbons (Fsp3) is 0.500. The zero-order chi connectivity index (χ0) is 12.4. The summed E-state index contributed by atoms with van der Waals surface area (Å²) in [5, 5.41) is 0. The third kappa shape index (κ3) is 2.78. The first-order chi connectivity index (χ1) is 8.08. The third-order valence-corrected chi connectivity index (χ3v) is 3.62. The molecular formula is C16H23N. The summed E-state index contributed by atoms with van der Waals surface area (Å²) >= 11 is 0. The maximum Gasteiger partial charge on any atom is 0.0476 e. The molecule has 2 atom stereocenters.